The standard InChI is InChI=1S/C10H10F2N2O/c11-7-3-1-2-6(10(7)12)8-4-14-9(15)5-13-8/h1-3,8,13H,4-5H2,(H,14,15). The zero-order valence-electron chi connectivity index (χ0n) is 7.89. The van der Waals surface area contributed by atoms with Gasteiger partial charge in [-0.3, -0.25) is 10.1 Å². The summed E-state index contributed by atoms with van der Waals surface area (Å²) in [6, 6.07) is 3.66. The van der Waals surface area contributed by atoms with Crippen LogP contribution in [-0.2, 0) is 4.79 Å². The molecule has 0 saturated carbocycles. The van der Waals surface area contributed by atoms with Gasteiger partial charge in [0.15, 0.2) is 11.6 Å². The Labute approximate surface area is 85.5 Å². The number of halogens is 2. The van der Waals surface area contributed by atoms with E-state index in [1.54, 1.807) is 0 Å². The molecule has 15 heavy (non-hydrogen) atoms. The van der Waals surface area contributed by atoms with Crippen LogP contribution in [-0.4, -0.2) is 19.0 Å². The van der Waals surface area contributed by atoms with Crippen LogP contribution >= 0.6 is 0 Å². The molecule has 0 aromatic heterocycles. The summed E-state index contributed by atoms with van der Waals surface area (Å²) in [5, 5.41) is 5.42. The molecule has 1 unspecified atom stereocenters. The van der Waals surface area contributed by atoms with Crippen molar-refractivity contribution in [2.75, 3.05) is 13.1 Å². The van der Waals surface area contributed by atoms with Crippen LogP contribution in [0, 0.1) is 11.6 Å². The molecule has 2 rings (SSSR count). The van der Waals surface area contributed by atoms with Crippen molar-refractivity contribution in [3.05, 3.63) is 35.4 Å². The summed E-state index contributed by atoms with van der Waals surface area (Å²) in [5.41, 5.74) is 0.245. The predicted molar refractivity (Wildman–Crippen MR) is 50.1 cm³/mol. The number of carbonyl (C=O) groups is 1. The van der Waals surface area contributed by atoms with E-state index in [9.17, 15) is 13.6 Å². The molecule has 0 bridgehead atoms. The fraction of sp³-hybridized carbons (Fsp3) is 0.300. The number of hydrogen-bond donors (Lipinski definition) is 2. The van der Waals surface area contributed by atoms with Crippen LogP contribution in [0.3, 0.4) is 0 Å². The van der Waals surface area contributed by atoms with E-state index in [2.05, 4.69) is 10.6 Å². The second-order valence-electron chi connectivity index (χ2n) is 3.38. The Morgan fingerprint density at radius 2 is 2.13 bits per heavy atom. The Kier molecular flexibility index (Phi) is 2.64. The van der Waals surface area contributed by atoms with E-state index in [1.165, 1.54) is 12.1 Å². The molecule has 0 aliphatic carbocycles. The third-order valence-corrected chi connectivity index (χ3v) is 2.37. The Bertz CT molecular complexity index is 385. The van der Waals surface area contributed by atoms with Gasteiger partial charge in [0.1, 0.15) is 0 Å². The van der Waals surface area contributed by atoms with Gasteiger partial charge in [-0.15, -0.1) is 0 Å². The molecule has 1 aromatic rings. The van der Waals surface area contributed by atoms with Crippen LogP contribution in [0.15, 0.2) is 18.2 Å². The number of amides is 1. The van der Waals surface area contributed by atoms with E-state index in [4.69, 9.17) is 0 Å². The van der Waals surface area contributed by atoms with Gasteiger partial charge < -0.3 is 5.32 Å². The van der Waals surface area contributed by atoms with Crippen molar-refractivity contribution >= 4 is 5.91 Å². The molecule has 0 radical (unpaired) electrons. The first-order valence-corrected chi connectivity index (χ1v) is 4.62. The minimum absolute atomic E-state index is 0.126. The average Bonchev–Trinajstić information content (AvgIpc) is 2.24. The minimum Gasteiger partial charge on any atom is -0.353 e. The SMILES string of the molecule is O=C1CNC(c2cccc(F)c2F)CN1. The fourth-order valence-electron chi connectivity index (χ4n) is 1.58. The van der Waals surface area contributed by atoms with Crippen molar-refractivity contribution in [3.8, 4) is 0 Å². The highest BCUT2D eigenvalue weighted by atomic mass is 19.2. The molecule has 1 fully saturated rings. The summed E-state index contributed by atoms with van der Waals surface area (Å²) in [5.74, 6) is -1.86. The number of nitrogens with one attached hydrogen (secondary N) is 2. The van der Waals surface area contributed by atoms with Crippen LogP contribution in [0.2, 0.25) is 0 Å². The minimum atomic E-state index is -0.869. The molecular weight excluding hydrogens is 202 g/mol. The average molecular weight is 212 g/mol. The monoisotopic (exact) mass is 212 g/mol. The lowest BCUT2D eigenvalue weighted by Gasteiger charge is -2.24. The number of rotatable bonds is 1. The van der Waals surface area contributed by atoms with E-state index in [0.29, 0.717) is 0 Å². The summed E-state index contributed by atoms with van der Waals surface area (Å²) in [7, 11) is 0. The van der Waals surface area contributed by atoms with Gasteiger partial charge in [-0.1, -0.05) is 12.1 Å². The molecular formula is C10H10F2N2O. The quantitative estimate of drug-likeness (QED) is 0.720. The molecule has 1 aromatic carbocycles. The summed E-state index contributed by atoms with van der Waals surface area (Å²) in [6.07, 6.45) is 0. The van der Waals surface area contributed by atoms with Crippen LogP contribution in [0.25, 0.3) is 0 Å². The van der Waals surface area contributed by atoms with Crippen LogP contribution in [0.4, 0.5) is 8.78 Å². The predicted octanol–water partition coefficient (Wildman–Crippen LogP) is 0.725. The van der Waals surface area contributed by atoms with E-state index in [1.807, 2.05) is 0 Å². The number of carbonyl (C=O) groups excluding carboxylic acids is 1. The van der Waals surface area contributed by atoms with Gasteiger partial charge in [0.2, 0.25) is 5.91 Å². The maximum absolute atomic E-state index is 13.4. The van der Waals surface area contributed by atoms with Crippen molar-refractivity contribution in [2.24, 2.45) is 0 Å². The van der Waals surface area contributed by atoms with Gasteiger partial charge >= 0.3 is 0 Å². The van der Waals surface area contributed by atoms with Crippen LogP contribution < -0.4 is 10.6 Å². The second-order valence-corrected chi connectivity index (χ2v) is 3.38. The topological polar surface area (TPSA) is 41.1 Å². The molecule has 1 amide bonds. The largest absolute Gasteiger partial charge is 0.353 e. The lowest BCUT2D eigenvalue weighted by atomic mass is 10.0. The van der Waals surface area contributed by atoms with Crippen molar-refractivity contribution in [1.29, 1.82) is 0 Å². The van der Waals surface area contributed by atoms with Crippen molar-refractivity contribution in [1.82, 2.24) is 10.6 Å². The lowest BCUT2D eigenvalue weighted by Crippen LogP contribution is -2.47. The first-order chi connectivity index (χ1) is 7.18. The van der Waals surface area contributed by atoms with Gasteiger partial charge in [0, 0.05) is 12.1 Å². The smallest absolute Gasteiger partial charge is 0.234 e. The molecule has 80 valence electrons. The summed E-state index contributed by atoms with van der Waals surface area (Å²) in [6.45, 7) is 0.403. The Morgan fingerprint density at radius 1 is 1.33 bits per heavy atom. The lowest BCUT2D eigenvalue weighted by molar-refractivity contribution is -0.121. The van der Waals surface area contributed by atoms with E-state index in [0.717, 1.165) is 6.07 Å². The summed E-state index contributed by atoms with van der Waals surface area (Å²) < 4.78 is 26.3. The highest BCUT2D eigenvalue weighted by Gasteiger charge is 2.22. The van der Waals surface area contributed by atoms with Crippen molar-refractivity contribution < 1.29 is 13.6 Å². The molecule has 1 aliphatic heterocycles. The van der Waals surface area contributed by atoms with Crippen molar-refractivity contribution in [3.63, 3.8) is 0 Å². The van der Waals surface area contributed by atoms with Crippen molar-refractivity contribution in [2.45, 2.75) is 6.04 Å². The summed E-state index contributed by atoms with van der Waals surface area (Å²) in [4.78, 5) is 10.9. The highest BCUT2D eigenvalue weighted by molar-refractivity contribution is 5.78. The molecule has 2 N–H and O–H groups in total. The van der Waals surface area contributed by atoms with Crippen LogP contribution in [0.1, 0.15) is 11.6 Å². The zero-order valence-corrected chi connectivity index (χ0v) is 7.89. The highest BCUT2D eigenvalue weighted by Crippen LogP contribution is 2.19. The Balaban J connectivity index is 2.22. The Morgan fingerprint density at radius 3 is 2.80 bits per heavy atom. The number of hydrogen-bond acceptors (Lipinski definition) is 2. The second kappa shape index (κ2) is 3.94. The van der Waals surface area contributed by atoms with Gasteiger partial charge in [0.05, 0.1) is 12.6 Å². The maximum atomic E-state index is 13.4. The van der Waals surface area contributed by atoms with E-state index >= 15 is 0 Å². The summed E-state index contributed by atoms with van der Waals surface area (Å²) >= 11 is 0. The molecule has 1 heterocycles. The van der Waals surface area contributed by atoms with Gasteiger partial charge in [-0.05, 0) is 6.07 Å². The van der Waals surface area contributed by atoms with E-state index in [-0.39, 0.29) is 30.6 Å². The number of benzene rings is 1. The fourth-order valence-corrected chi connectivity index (χ4v) is 1.58. The molecule has 3 nitrogen and oxygen atoms in total. The van der Waals surface area contributed by atoms with Gasteiger partial charge in [0.25, 0.3) is 0 Å². The molecule has 1 saturated heterocycles. The third kappa shape index (κ3) is 1.97. The normalized spacial score (nSPS) is 21.2. The first kappa shape index (κ1) is 10.0. The number of piperazine rings is 1. The van der Waals surface area contributed by atoms with Gasteiger partial charge in [-0.25, -0.2) is 8.78 Å². The van der Waals surface area contributed by atoms with E-state index < -0.39 is 11.6 Å². The molecule has 1 atom stereocenters. The third-order valence-electron chi connectivity index (χ3n) is 2.37. The van der Waals surface area contributed by atoms with Crippen LogP contribution in [0.5, 0.6) is 0 Å². The van der Waals surface area contributed by atoms with Gasteiger partial charge in [-0.2, -0.15) is 0 Å². The maximum Gasteiger partial charge on any atom is 0.234 e. The molecule has 5 heteroatoms. The first-order valence-electron chi connectivity index (χ1n) is 4.62. The Hall–Kier alpha value is -1.49. The zero-order chi connectivity index (χ0) is 10.8. The molecule has 0 spiro atoms. The molecule has 1 aliphatic rings.